The highest BCUT2D eigenvalue weighted by Crippen LogP contribution is 2.28. The number of hydrogen-bond donors (Lipinski definition) is 1. The first-order valence-electron chi connectivity index (χ1n) is 8.69. The largest absolute Gasteiger partial charge is 0.382 e. The van der Waals surface area contributed by atoms with Gasteiger partial charge in [-0.1, -0.05) is 44.9 Å². The van der Waals surface area contributed by atoms with Crippen molar-refractivity contribution in [2.24, 2.45) is 4.99 Å². The normalized spacial score (nSPS) is 12.5. The maximum absolute atomic E-state index is 4.44. The number of imidazole rings is 1. The fourth-order valence-electron chi connectivity index (χ4n) is 2.67. The van der Waals surface area contributed by atoms with Crippen molar-refractivity contribution >= 4 is 23.1 Å². The van der Waals surface area contributed by atoms with Gasteiger partial charge in [-0.05, 0) is 30.6 Å². The molecule has 0 atom stereocenters. The number of aromatic nitrogens is 2. The average Bonchev–Trinajstić information content (AvgIpc) is 3.13. The van der Waals surface area contributed by atoms with Gasteiger partial charge in [0.25, 0.3) is 0 Å². The van der Waals surface area contributed by atoms with Crippen molar-refractivity contribution in [3.8, 4) is 0 Å². The van der Waals surface area contributed by atoms with Crippen molar-refractivity contribution in [1.82, 2.24) is 9.38 Å². The highest BCUT2D eigenvalue weighted by molar-refractivity contribution is 5.94. The molecule has 26 heavy (non-hydrogen) atoms. The van der Waals surface area contributed by atoms with Gasteiger partial charge < -0.3 is 9.72 Å². The minimum absolute atomic E-state index is 0.874. The first kappa shape index (κ1) is 19.2. The first-order chi connectivity index (χ1) is 12.7. The van der Waals surface area contributed by atoms with Crippen LogP contribution in [0.4, 0.5) is 5.69 Å². The van der Waals surface area contributed by atoms with Crippen LogP contribution in [0.15, 0.2) is 85.0 Å². The molecule has 4 nitrogen and oxygen atoms in total. The lowest BCUT2D eigenvalue weighted by Crippen LogP contribution is -2.04. The van der Waals surface area contributed by atoms with Crippen LogP contribution < -0.4 is 5.32 Å². The fourth-order valence-corrected chi connectivity index (χ4v) is 2.67. The number of nitrogens with one attached hydrogen (secondary N) is 1. The number of fused-ring (bicyclic) bond motifs is 1. The zero-order valence-corrected chi connectivity index (χ0v) is 15.6. The molecule has 0 aromatic carbocycles. The van der Waals surface area contributed by atoms with Crippen LogP contribution in [0, 0.1) is 0 Å². The predicted octanol–water partition coefficient (Wildman–Crippen LogP) is 5.44. The van der Waals surface area contributed by atoms with E-state index in [4.69, 9.17) is 0 Å². The summed E-state index contributed by atoms with van der Waals surface area (Å²) in [6.45, 7) is 16.9. The van der Waals surface area contributed by atoms with E-state index in [1.54, 1.807) is 12.4 Å². The Kier molecular flexibility index (Phi) is 6.92. The van der Waals surface area contributed by atoms with Crippen LogP contribution in [0.3, 0.4) is 0 Å². The lowest BCUT2D eigenvalue weighted by Gasteiger charge is -2.14. The summed E-state index contributed by atoms with van der Waals surface area (Å²) in [6.07, 6.45) is 15.8. The SMILES string of the molecule is C=CN=CC(/C=C\C)=C(/C=C)C(=C)c1cc(NCCC)c2nccn2c1. The number of nitrogens with zero attached hydrogens (tertiary/aromatic N) is 3. The highest BCUT2D eigenvalue weighted by Gasteiger charge is 2.11. The molecule has 134 valence electrons. The summed E-state index contributed by atoms with van der Waals surface area (Å²) in [7, 11) is 0. The van der Waals surface area contributed by atoms with Gasteiger partial charge in [0, 0.05) is 48.7 Å². The van der Waals surface area contributed by atoms with Crippen molar-refractivity contribution in [2.45, 2.75) is 20.3 Å². The van der Waals surface area contributed by atoms with Crippen molar-refractivity contribution in [2.75, 3.05) is 11.9 Å². The molecule has 4 heteroatoms. The van der Waals surface area contributed by atoms with E-state index in [0.29, 0.717) is 0 Å². The predicted molar refractivity (Wildman–Crippen MR) is 114 cm³/mol. The molecule has 1 N–H and O–H groups in total. The fraction of sp³-hybridized carbons (Fsp3) is 0.182. The van der Waals surface area contributed by atoms with Crippen LogP contribution >= 0.6 is 0 Å². The molecule has 2 aromatic heterocycles. The maximum Gasteiger partial charge on any atom is 0.160 e. The summed E-state index contributed by atoms with van der Waals surface area (Å²) in [5.74, 6) is 0. The summed E-state index contributed by atoms with van der Waals surface area (Å²) in [4.78, 5) is 8.59. The van der Waals surface area contributed by atoms with Crippen molar-refractivity contribution in [3.05, 3.63) is 85.5 Å². The van der Waals surface area contributed by atoms with Crippen LogP contribution in [-0.2, 0) is 0 Å². The van der Waals surface area contributed by atoms with Crippen molar-refractivity contribution in [3.63, 3.8) is 0 Å². The molecule has 2 heterocycles. The molecule has 0 spiro atoms. The van der Waals surface area contributed by atoms with E-state index < -0.39 is 0 Å². The Labute approximate surface area is 155 Å². The molecule has 0 aliphatic heterocycles. The second-order valence-electron chi connectivity index (χ2n) is 5.74. The van der Waals surface area contributed by atoms with Gasteiger partial charge in [-0.25, -0.2) is 4.98 Å². The second-order valence-corrected chi connectivity index (χ2v) is 5.74. The molecule has 2 aromatic rings. The summed E-state index contributed by atoms with van der Waals surface area (Å²) >= 11 is 0. The van der Waals surface area contributed by atoms with Gasteiger partial charge in [0.2, 0.25) is 0 Å². The van der Waals surface area contributed by atoms with Crippen LogP contribution in [0.25, 0.3) is 11.2 Å². The third-order valence-electron chi connectivity index (χ3n) is 3.91. The quantitative estimate of drug-likeness (QED) is 0.485. The van der Waals surface area contributed by atoms with Crippen molar-refractivity contribution < 1.29 is 0 Å². The zero-order chi connectivity index (χ0) is 18.9. The first-order valence-corrected chi connectivity index (χ1v) is 8.69. The van der Waals surface area contributed by atoms with Gasteiger partial charge in [0.15, 0.2) is 5.65 Å². The van der Waals surface area contributed by atoms with Crippen molar-refractivity contribution in [1.29, 1.82) is 0 Å². The molecule has 0 fully saturated rings. The standard InChI is InChI=1S/C22H26N4/c1-6-10-18(15-23-9-4)20(8-3)17(5)19-14-21(24-11-7-2)22-25-12-13-26(22)16-19/h6,8-10,12-16,24H,3-5,7,11H2,1-2H3/b10-6-,20-18-,23-15?. The molecular formula is C22H26N4. The van der Waals surface area contributed by atoms with E-state index in [1.165, 1.54) is 6.20 Å². The second kappa shape index (κ2) is 9.37. The smallest absolute Gasteiger partial charge is 0.160 e. The highest BCUT2D eigenvalue weighted by atomic mass is 15.0. The molecule has 0 amide bonds. The average molecular weight is 346 g/mol. The molecule has 0 radical (unpaired) electrons. The number of rotatable bonds is 9. The van der Waals surface area contributed by atoms with E-state index >= 15 is 0 Å². The van der Waals surface area contributed by atoms with Crippen LogP contribution in [0.2, 0.25) is 0 Å². The van der Waals surface area contributed by atoms with Gasteiger partial charge in [-0.15, -0.1) is 0 Å². The Balaban J connectivity index is 2.57. The summed E-state index contributed by atoms with van der Waals surface area (Å²) in [5, 5.41) is 3.44. The van der Waals surface area contributed by atoms with Gasteiger partial charge in [-0.2, -0.15) is 0 Å². The minimum atomic E-state index is 0.874. The Hall–Kier alpha value is -3.14. The van der Waals surface area contributed by atoms with E-state index in [0.717, 1.165) is 46.6 Å². The van der Waals surface area contributed by atoms with E-state index in [9.17, 15) is 0 Å². The topological polar surface area (TPSA) is 41.7 Å². The molecule has 0 aliphatic rings. The summed E-state index contributed by atoms with van der Waals surface area (Å²) in [6, 6.07) is 2.09. The monoisotopic (exact) mass is 346 g/mol. The Morgan fingerprint density at radius 3 is 2.85 bits per heavy atom. The molecule has 0 aliphatic carbocycles. The maximum atomic E-state index is 4.44. The van der Waals surface area contributed by atoms with E-state index in [-0.39, 0.29) is 0 Å². The zero-order valence-electron chi connectivity index (χ0n) is 15.6. The van der Waals surface area contributed by atoms with Gasteiger partial charge >= 0.3 is 0 Å². The third-order valence-corrected chi connectivity index (χ3v) is 3.91. The summed E-state index contributed by atoms with van der Waals surface area (Å²) < 4.78 is 2.01. The van der Waals surface area contributed by atoms with Gasteiger partial charge in [-0.3, -0.25) is 4.99 Å². The molecule has 0 saturated carbocycles. The molecular weight excluding hydrogens is 320 g/mol. The van der Waals surface area contributed by atoms with Crippen LogP contribution in [0.5, 0.6) is 0 Å². The lowest BCUT2D eigenvalue weighted by molar-refractivity contribution is 0.977. The number of hydrogen-bond acceptors (Lipinski definition) is 3. The Bertz CT molecular complexity index is 894. The number of anilines is 1. The minimum Gasteiger partial charge on any atom is -0.382 e. The van der Waals surface area contributed by atoms with Crippen LogP contribution in [0.1, 0.15) is 25.8 Å². The molecule has 2 rings (SSSR count). The lowest BCUT2D eigenvalue weighted by atomic mass is 9.95. The third kappa shape index (κ3) is 4.28. The number of pyridine rings is 1. The van der Waals surface area contributed by atoms with E-state index in [2.05, 4.69) is 48.0 Å². The van der Waals surface area contributed by atoms with Gasteiger partial charge in [0.05, 0.1) is 5.69 Å². The number of aliphatic imine (C=N–C) groups is 1. The van der Waals surface area contributed by atoms with Gasteiger partial charge in [0.1, 0.15) is 0 Å². The van der Waals surface area contributed by atoms with Crippen LogP contribution in [-0.4, -0.2) is 22.1 Å². The van der Waals surface area contributed by atoms with E-state index in [1.807, 2.05) is 41.9 Å². The Morgan fingerprint density at radius 2 is 2.19 bits per heavy atom. The molecule has 0 unspecified atom stereocenters. The number of allylic oxidation sites excluding steroid dienone is 6. The molecule has 0 saturated heterocycles. The molecule has 0 bridgehead atoms. The Morgan fingerprint density at radius 1 is 1.38 bits per heavy atom. The summed E-state index contributed by atoms with van der Waals surface area (Å²) in [5.41, 5.74) is 5.62.